The first-order chi connectivity index (χ1) is 9.00. The Labute approximate surface area is 132 Å². The van der Waals surface area contributed by atoms with E-state index in [4.69, 9.17) is 8.85 Å². The van der Waals surface area contributed by atoms with Gasteiger partial charge in [-0.05, 0) is 52.4 Å². The van der Waals surface area contributed by atoms with Crippen LogP contribution in [0.1, 0.15) is 47.0 Å². The van der Waals surface area contributed by atoms with E-state index in [0.29, 0.717) is 0 Å². The highest BCUT2D eigenvalue weighted by atomic mass is 28.4. The Balaban J connectivity index is 5.38. The van der Waals surface area contributed by atoms with Crippen molar-refractivity contribution in [3.63, 3.8) is 0 Å². The van der Waals surface area contributed by atoms with Gasteiger partial charge in [-0.2, -0.15) is 0 Å². The molecule has 0 aromatic heterocycles. The van der Waals surface area contributed by atoms with E-state index < -0.39 is 26.2 Å². The molecule has 0 aromatic carbocycles. The molecule has 0 radical (unpaired) electrons. The topological polar surface area (TPSA) is 18.5 Å². The Morgan fingerprint density at radius 2 is 1.35 bits per heavy atom. The van der Waals surface area contributed by atoms with Gasteiger partial charge in [-0.15, -0.1) is 0 Å². The molecule has 20 heavy (non-hydrogen) atoms. The molecule has 0 rings (SSSR count). The van der Waals surface area contributed by atoms with E-state index in [1.807, 2.05) is 0 Å². The average Bonchev–Trinajstić information content (AvgIpc) is 2.34. The minimum Gasteiger partial charge on any atom is -0.415 e. The first kappa shape index (κ1) is 20.6. The predicted molar refractivity (Wildman–Crippen MR) is 99.4 cm³/mol. The molecule has 0 saturated carbocycles. The summed E-state index contributed by atoms with van der Waals surface area (Å²) in [5.41, 5.74) is 0. The van der Waals surface area contributed by atoms with E-state index in [-0.39, 0.29) is 10.4 Å². The molecule has 1 unspecified atom stereocenters. The predicted octanol–water partition coefficient (Wildman–Crippen LogP) is 4.50. The number of hydrogen-bond acceptors (Lipinski definition) is 2. The Hall–Kier alpha value is 0.571. The van der Waals surface area contributed by atoms with Gasteiger partial charge in [0.2, 0.25) is 8.32 Å². The fourth-order valence-corrected chi connectivity index (χ4v) is 12.0. The van der Waals surface area contributed by atoms with Crippen LogP contribution in [-0.2, 0) is 8.85 Å². The van der Waals surface area contributed by atoms with Gasteiger partial charge in [0.15, 0.2) is 9.04 Å². The van der Waals surface area contributed by atoms with Gasteiger partial charge >= 0.3 is 0 Å². The molecule has 0 aromatic rings. The van der Waals surface area contributed by atoms with E-state index in [1.54, 1.807) is 0 Å². The van der Waals surface area contributed by atoms with Crippen molar-refractivity contribution in [3.8, 4) is 0 Å². The highest BCUT2D eigenvalue weighted by Gasteiger charge is 2.49. The first-order valence-corrected chi connectivity index (χ1v) is 17.0. The fraction of sp³-hybridized carbons (Fsp3) is 1.00. The molecular formula is C15H38O2Si3. The van der Waals surface area contributed by atoms with Crippen LogP contribution in [0.5, 0.6) is 0 Å². The molecule has 122 valence electrons. The van der Waals surface area contributed by atoms with Crippen LogP contribution in [0.4, 0.5) is 0 Å². The molecule has 0 aliphatic heterocycles. The second-order valence-corrected chi connectivity index (χ2v) is 17.3. The van der Waals surface area contributed by atoms with Crippen LogP contribution in [0.25, 0.3) is 0 Å². The van der Waals surface area contributed by atoms with Crippen molar-refractivity contribution in [1.29, 1.82) is 0 Å². The lowest BCUT2D eigenvalue weighted by atomic mass is 10.2. The summed E-state index contributed by atoms with van der Waals surface area (Å²) in [6, 6.07) is 0. The Morgan fingerprint density at radius 3 is 1.60 bits per heavy atom. The van der Waals surface area contributed by atoms with Crippen molar-refractivity contribution < 1.29 is 8.85 Å². The Bertz CT molecular complexity index is 289. The Kier molecular flexibility index (Phi) is 7.94. The lowest BCUT2D eigenvalue weighted by Crippen LogP contribution is -2.63. The molecule has 0 bridgehead atoms. The largest absolute Gasteiger partial charge is 0.415 e. The van der Waals surface area contributed by atoms with E-state index in [1.165, 1.54) is 0 Å². The van der Waals surface area contributed by atoms with Crippen molar-refractivity contribution in [2.45, 2.75) is 96.7 Å². The second kappa shape index (κ2) is 7.72. The molecule has 0 aliphatic carbocycles. The van der Waals surface area contributed by atoms with Gasteiger partial charge < -0.3 is 8.85 Å². The molecule has 1 atom stereocenters. The molecule has 0 spiro atoms. The summed E-state index contributed by atoms with van der Waals surface area (Å²) in [4.78, 5) is 0. The summed E-state index contributed by atoms with van der Waals surface area (Å²) in [6.07, 6.45) is 3.34. The molecular weight excluding hydrogens is 296 g/mol. The van der Waals surface area contributed by atoms with Gasteiger partial charge in [0.05, 0.1) is 14.0 Å². The zero-order chi connectivity index (χ0) is 16.2. The van der Waals surface area contributed by atoms with Crippen LogP contribution in [-0.4, -0.2) is 36.6 Å². The average molecular weight is 335 g/mol. The maximum atomic E-state index is 6.94. The van der Waals surface area contributed by atoms with Crippen LogP contribution in [0.2, 0.25) is 39.3 Å². The van der Waals surface area contributed by atoms with E-state index >= 15 is 0 Å². The fourth-order valence-electron chi connectivity index (χ4n) is 3.12. The highest BCUT2D eigenvalue weighted by Crippen LogP contribution is 2.36. The minimum absolute atomic E-state index is 0.0493. The van der Waals surface area contributed by atoms with E-state index in [0.717, 1.165) is 19.3 Å². The first-order valence-electron chi connectivity index (χ1n) is 8.38. The molecule has 0 amide bonds. The maximum absolute atomic E-state index is 6.94. The molecule has 0 N–H and O–H groups in total. The maximum Gasteiger partial charge on any atom is 0.216 e. The molecule has 0 heterocycles. The van der Waals surface area contributed by atoms with Crippen LogP contribution in [0.3, 0.4) is 0 Å². The number of hydrogen-bond donors (Lipinski definition) is 0. The van der Waals surface area contributed by atoms with Gasteiger partial charge in [0, 0.05) is 5.22 Å². The van der Waals surface area contributed by atoms with Crippen LogP contribution < -0.4 is 0 Å². The summed E-state index contributed by atoms with van der Waals surface area (Å²) in [7, 11) is -3.84. The third-order valence-corrected chi connectivity index (χ3v) is 13.6. The van der Waals surface area contributed by atoms with E-state index in [9.17, 15) is 0 Å². The monoisotopic (exact) mass is 334 g/mol. The minimum atomic E-state index is -1.91. The van der Waals surface area contributed by atoms with Crippen LogP contribution in [0, 0.1) is 0 Å². The molecule has 5 heteroatoms. The van der Waals surface area contributed by atoms with Gasteiger partial charge in [0.1, 0.15) is 0 Å². The lowest BCUT2D eigenvalue weighted by molar-refractivity contribution is 0.0716. The Morgan fingerprint density at radius 1 is 0.900 bits per heavy atom. The summed E-state index contributed by atoms with van der Waals surface area (Å²) in [5, 5.41) is 0.0975. The summed E-state index contributed by atoms with van der Waals surface area (Å²) >= 11 is 0. The third-order valence-electron chi connectivity index (χ3n) is 5.15. The van der Waals surface area contributed by atoms with Crippen molar-refractivity contribution in [1.82, 2.24) is 0 Å². The van der Waals surface area contributed by atoms with Crippen molar-refractivity contribution in [2.75, 3.05) is 0 Å². The van der Waals surface area contributed by atoms with Gasteiger partial charge in [-0.3, -0.25) is 0 Å². The SMILES string of the molecule is CCC(CC)(O[Si](C)(C)C(C)(CC)O[SiH](C)C)[SiH](C)C. The molecule has 0 aliphatic rings. The van der Waals surface area contributed by atoms with Gasteiger partial charge in [-0.25, -0.2) is 0 Å². The normalized spacial score (nSPS) is 16.8. The summed E-state index contributed by atoms with van der Waals surface area (Å²) in [6.45, 7) is 23.3. The van der Waals surface area contributed by atoms with Crippen LogP contribution in [0.15, 0.2) is 0 Å². The summed E-state index contributed by atoms with van der Waals surface area (Å²) < 4.78 is 13.4. The van der Waals surface area contributed by atoms with Crippen LogP contribution >= 0.6 is 0 Å². The molecule has 0 fully saturated rings. The van der Waals surface area contributed by atoms with Crippen molar-refractivity contribution in [3.05, 3.63) is 0 Å². The van der Waals surface area contributed by atoms with Gasteiger partial charge in [-0.1, -0.05) is 33.9 Å². The van der Waals surface area contributed by atoms with Gasteiger partial charge in [0.25, 0.3) is 0 Å². The lowest BCUT2D eigenvalue weighted by Gasteiger charge is -2.50. The quantitative estimate of drug-likeness (QED) is 0.578. The third kappa shape index (κ3) is 4.53. The van der Waals surface area contributed by atoms with E-state index in [2.05, 4.69) is 67.0 Å². The standard InChI is InChI=1S/C15H38O2Si3/c1-11-14(4,16-19(7)8)20(9,10)17-15(12-2,13-3)18(5)6/h18-19H,11-13H2,1-10H3. The smallest absolute Gasteiger partial charge is 0.216 e. The number of rotatable bonds is 9. The zero-order valence-corrected chi connectivity index (χ0v) is 18.9. The second-order valence-electron chi connectivity index (χ2n) is 7.29. The van der Waals surface area contributed by atoms with Crippen molar-refractivity contribution >= 4 is 26.2 Å². The summed E-state index contributed by atoms with van der Waals surface area (Å²) in [5.74, 6) is 0. The molecule has 0 saturated heterocycles. The van der Waals surface area contributed by atoms with Crippen molar-refractivity contribution in [2.24, 2.45) is 0 Å². The molecule has 2 nitrogen and oxygen atoms in total. The zero-order valence-electron chi connectivity index (χ0n) is 15.6. The highest BCUT2D eigenvalue weighted by molar-refractivity contribution is 6.76.